The number of aromatic nitrogens is 8. The van der Waals surface area contributed by atoms with Gasteiger partial charge in [-0.2, -0.15) is 15.2 Å². The van der Waals surface area contributed by atoms with Crippen LogP contribution < -0.4 is 43.8 Å². The van der Waals surface area contributed by atoms with Crippen LogP contribution in [-0.2, 0) is 41.3 Å². The molecule has 2 aliphatic rings. The molecule has 2 fully saturated rings. The van der Waals surface area contributed by atoms with Crippen molar-refractivity contribution in [2.24, 2.45) is 39.7 Å². The van der Waals surface area contributed by atoms with Gasteiger partial charge in [0.15, 0.2) is 22.3 Å². The SMILES string of the molecule is Cn1c(=O)c2c(nc(N3CC[C@@H](N)C3)n2Cc2ccccc2C#N)n(C)c1=O.Cn1c(=O)c2c(nc(N3CC[C@@H](N)C3)n2Cc2ccccc2I)n(C)c1=O. The van der Waals surface area contributed by atoms with Gasteiger partial charge in [-0.15, -0.1) is 0 Å². The standard InChI is InChI=1S/C19H21N7O2.C18H21IN6O2/c1-23-16-15(17(27)24(2)19(23)28)26(10-13-6-4-3-5-12(13)9-20)18(22-16)25-8-7-14(21)11-25;1-22-15-14(16(26)23(2)18(22)27)25(9-11-5-3-4-6-13(11)19)17(21-15)24-8-7-12(20)10-24/h3-6,14H,7-8,10-11,21H2,1-2H3;3-6,12H,7-10,20H2,1-2H3/t14-;12-/m11/s1. The zero-order valence-electron chi connectivity index (χ0n) is 31.0. The van der Waals surface area contributed by atoms with Crippen LogP contribution in [0.25, 0.3) is 22.3 Å². The van der Waals surface area contributed by atoms with Crippen LogP contribution in [0.3, 0.4) is 0 Å². The molecule has 18 heteroatoms. The zero-order valence-corrected chi connectivity index (χ0v) is 33.2. The van der Waals surface area contributed by atoms with Gasteiger partial charge in [-0.05, 0) is 58.7 Å². The number of hydrogen-bond donors (Lipinski definition) is 2. The lowest BCUT2D eigenvalue weighted by atomic mass is 10.1. The molecule has 2 aliphatic heterocycles. The van der Waals surface area contributed by atoms with E-state index >= 15 is 0 Å². The minimum Gasteiger partial charge on any atom is -0.341 e. The van der Waals surface area contributed by atoms with Crippen molar-refractivity contribution in [1.82, 2.24) is 37.4 Å². The van der Waals surface area contributed by atoms with Gasteiger partial charge in [-0.25, -0.2) is 9.59 Å². The highest BCUT2D eigenvalue weighted by molar-refractivity contribution is 14.1. The van der Waals surface area contributed by atoms with Gasteiger partial charge in [0.1, 0.15) is 0 Å². The first-order valence-corrected chi connectivity index (χ1v) is 18.9. The van der Waals surface area contributed by atoms with E-state index in [1.54, 1.807) is 30.8 Å². The van der Waals surface area contributed by atoms with Crippen LogP contribution >= 0.6 is 22.6 Å². The minimum absolute atomic E-state index is 0.0336. The van der Waals surface area contributed by atoms with Gasteiger partial charge < -0.3 is 21.3 Å². The Bertz CT molecular complexity index is 2750. The van der Waals surface area contributed by atoms with Gasteiger partial charge in [-0.3, -0.25) is 37.0 Å². The van der Waals surface area contributed by atoms with E-state index in [1.807, 2.05) is 45.9 Å². The van der Waals surface area contributed by atoms with E-state index in [4.69, 9.17) is 16.5 Å². The number of nitrogens with two attached hydrogens (primary N) is 2. The lowest BCUT2D eigenvalue weighted by molar-refractivity contribution is 0.701. The Morgan fingerprint density at radius 1 is 0.691 bits per heavy atom. The normalized spacial score (nSPS) is 16.9. The van der Waals surface area contributed by atoms with E-state index in [9.17, 15) is 24.4 Å². The molecule has 0 radical (unpaired) electrons. The Kier molecular flexibility index (Phi) is 10.3. The topological polar surface area (TPSA) is 206 Å². The smallest absolute Gasteiger partial charge is 0.332 e. The second-order valence-electron chi connectivity index (χ2n) is 14.1. The monoisotopic (exact) mass is 859 g/mol. The van der Waals surface area contributed by atoms with E-state index in [0.717, 1.165) is 49.8 Å². The summed E-state index contributed by atoms with van der Waals surface area (Å²) in [5.74, 6) is 1.28. The number of halogens is 1. The first kappa shape index (κ1) is 37.8. The van der Waals surface area contributed by atoms with Crippen molar-refractivity contribution in [2.75, 3.05) is 36.0 Å². The number of rotatable bonds is 6. The zero-order chi connectivity index (χ0) is 39.3. The van der Waals surface area contributed by atoms with E-state index in [2.05, 4.69) is 38.5 Å². The van der Waals surface area contributed by atoms with E-state index in [0.29, 0.717) is 66.0 Å². The predicted octanol–water partition coefficient (Wildman–Crippen LogP) is 0.515. The summed E-state index contributed by atoms with van der Waals surface area (Å²) < 4.78 is 9.86. The quantitative estimate of drug-likeness (QED) is 0.221. The summed E-state index contributed by atoms with van der Waals surface area (Å²) in [4.78, 5) is 64.1. The van der Waals surface area contributed by atoms with Crippen LogP contribution in [0, 0.1) is 14.9 Å². The largest absolute Gasteiger partial charge is 0.341 e. The molecular formula is C37H42IN13O4. The Morgan fingerprint density at radius 3 is 1.56 bits per heavy atom. The Morgan fingerprint density at radius 2 is 1.13 bits per heavy atom. The number of hydrogen-bond acceptors (Lipinski definition) is 11. The Balaban J connectivity index is 0.000000169. The van der Waals surface area contributed by atoms with Gasteiger partial charge >= 0.3 is 11.4 Å². The predicted molar refractivity (Wildman–Crippen MR) is 219 cm³/mol. The van der Waals surface area contributed by atoms with Crippen molar-refractivity contribution in [1.29, 1.82) is 5.26 Å². The molecule has 0 saturated carbocycles. The van der Waals surface area contributed by atoms with Crippen LogP contribution in [-0.4, -0.2) is 75.6 Å². The van der Waals surface area contributed by atoms with Gasteiger partial charge in [-0.1, -0.05) is 36.4 Å². The van der Waals surface area contributed by atoms with Gasteiger partial charge in [0.2, 0.25) is 11.9 Å². The lowest BCUT2D eigenvalue weighted by Crippen LogP contribution is -2.37. The summed E-state index contributed by atoms with van der Waals surface area (Å²) in [5.41, 5.74) is 14.5. The molecule has 0 unspecified atom stereocenters. The summed E-state index contributed by atoms with van der Waals surface area (Å²) in [6.45, 7) is 3.61. The summed E-state index contributed by atoms with van der Waals surface area (Å²) >= 11 is 2.29. The summed E-state index contributed by atoms with van der Waals surface area (Å²) in [6, 6.07) is 17.6. The van der Waals surface area contributed by atoms with Gasteiger partial charge in [0.05, 0.1) is 24.7 Å². The number of benzene rings is 2. The summed E-state index contributed by atoms with van der Waals surface area (Å²) in [7, 11) is 6.20. The third kappa shape index (κ3) is 6.76. The summed E-state index contributed by atoms with van der Waals surface area (Å²) in [6.07, 6.45) is 1.71. The van der Waals surface area contributed by atoms with Crippen LogP contribution in [0.2, 0.25) is 0 Å². The van der Waals surface area contributed by atoms with Crippen molar-refractivity contribution in [3.05, 3.63) is 110 Å². The maximum Gasteiger partial charge on any atom is 0.332 e. The molecule has 0 aliphatic carbocycles. The van der Waals surface area contributed by atoms with Gasteiger partial charge in [0.25, 0.3) is 11.1 Å². The molecular weight excluding hydrogens is 817 g/mol. The third-order valence-corrected chi connectivity index (χ3v) is 11.5. The molecule has 0 spiro atoms. The fraction of sp³-hybridized carbons (Fsp3) is 0.378. The molecule has 286 valence electrons. The van der Waals surface area contributed by atoms with Crippen LogP contribution in [0.1, 0.15) is 29.5 Å². The van der Waals surface area contributed by atoms with Gasteiger partial charge in [0, 0.05) is 70.0 Å². The number of imidazole rings is 2. The highest BCUT2D eigenvalue weighted by Gasteiger charge is 2.29. The number of aryl methyl sites for hydroxylation is 2. The van der Waals surface area contributed by atoms with Crippen molar-refractivity contribution in [3.8, 4) is 6.07 Å². The minimum atomic E-state index is -0.427. The highest BCUT2D eigenvalue weighted by atomic mass is 127. The maximum absolute atomic E-state index is 12.9. The Labute approximate surface area is 328 Å². The number of anilines is 2. The molecule has 4 aromatic heterocycles. The molecule has 4 N–H and O–H groups in total. The molecule has 6 heterocycles. The fourth-order valence-corrected chi connectivity index (χ4v) is 7.88. The van der Waals surface area contributed by atoms with Crippen molar-refractivity contribution < 1.29 is 0 Å². The average molecular weight is 860 g/mol. The fourth-order valence-electron chi connectivity index (χ4n) is 7.32. The van der Waals surface area contributed by atoms with E-state index in [1.165, 1.54) is 23.2 Å². The van der Waals surface area contributed by atoms with Crippen LogP contribution in [0.4, 0.5) is 11.9 Å². The summed E-state index contributed by atoms with van der Waals surface area (Å²) in [5, 5.41) is 9.44. The molecule has 6 aromatic rings. The second kappa shape index (κ2) is 15.0. The first-order chi connectivity index (χ1) is 26.3. The molecule has 8 rings (SSSR count). The van der Waals surface area contributed by atoms with Crippen molar-refractivity contribution in [3.63, 3.8) is 0 Å². The molecule has 2 aromatic carbocycles. The van der Waals surface area contributed by atoms with Crippen molar-refractivity contribution in [2.45, 2.75) is 38.0 Å². The third-order valence-electron chi connectivity index (χ3n) is 10.4. The Hall–Kier alpha value is -5.52. The average Bonchev–Trinajstić information content (AvgIpc) is 3.98. The van der Waals surface area contributed by atoms with Crippen LogP contribution in [0.5, 0.6) is 0 Å². The maximum atomic E-state index is 12.9. The molecule has 55 heavy (non-hydrogen) atoms. The molecule has 2 saturated heterocycles. The molecule has 0 amide bonds. The highest BCUT2D eigenvalue weighted by Crippen LogP contribution is 2.27. The molecule has 2 atom stereocenters. The van der Waals surface area contributed by atoms with Crippen LogP contribution in [0.15, 0.2) is 67.7 Å². The van der Waals surface area contributed by atoms with E-state index < -0.39 is 11.2 Å². The second-order valence-corrected chi connectivity index (χ2v) is 15.3. The lowest BCUT2D eigenvalue weighted by Gasteiger charge is -2.19. The first-order valence-electron chi connectivity index (χ1n) is 17.9. The van der Waals surface area contributed by atoms with Crippen molar-refractivity contribution >= 4 is 56.8 Å². The molecule has 17 nitrogen and oxygen atoms in total. The van der Waals surface area contributed by atoms with E-state index in [-0.39, 0.29) is 23.3 Å². The number of fused-ring (bicyclic) bond motifs is 2. The number of nitriles is 1. The molecule has 0 bridgehead atoms. The number of nitrogens with zero attached hydrogens (tertiary/aromatic N) is 11.